The lowest BCUT2D eigenvalue weighted by atomic mass is 10.1. The van der Waals surface area contributed by atoms with Gasteiger partial charge in [0.05, 0.1) is 12.8 Å². The van der Waals surface area contributed by atoms with E-state index in [-0.39, 0.29) is 0 Å². The van der Waals surface area contributed by atoms with Gasteiger partial charge in [0.1, 0.15) is 5.56 Å². The summed E-state index contributed by atoms with van der Waals surface area (Å²) in [6.45, 7) is 2.98. The first-order valence-corrected chi connectivity index (χ1v) is 8.07. The molecule has 2 rings (SSSR count). The molecule has 1 atom stereocenters. The van der Waals surface area contributed by atoms with Gasteiger partial charge in [-0.15, -0.1) is 0 Å². The first kappa shape index (κ1) is 23.0. The summed E-state index contributed by atoms with van der Waals surface area (Å²) in [5.41, 5.74) is 2.52. The Labute approximate surface area is 165 Å². The summed E-state index contributed by atoms with van der Waals surface area (Å²) in [6.07, 6.45) is -13.6. The lowest BCUT2D eigenvalue weighted by Gasteiger charge is -2.21. The van der Waals surface area contributed by atoms with Crippen molar-refractivity contribution in [1.82, 2.24) is 9.55 Å². The van der Waals surface area contributed by atoms with E-state index in [2.05, 4.69) is 20.2 Å². The van der Waals surface area contributed by atoms with Crippen molar-refractivity contribution in [2.45, 2.75) is 32.3 Å². The Kier molecular flexibility index (Phi) is 6.05. The Balaban J connectivity index is 2.74. The molecule has 0 saturated heterocycles. The van der Waals surface area contributed by atoms with Crippen molar-refractivity contribution in [1.29, 1.82) is 0 Å². The van der Waals surface area contributed by atoms with Crippen LogP contribution in [0.15, 0.2) is 18.2 Å². The van der Waals surface area contributed by atoms with Crippen LogP contribution in [0.4, 0.5) is 26.3 Å². The van der Waals surface area contributed by atoms with Gasteiger partial charge in [0.2, 0.25) is 5.88 Å². The number of carbonyl (C=O) groups excluding carboxylic acids is 2. The van der Waals surface area contributed by atoms with Gasteiger partial charge in [-0.3, -0.25) is 4.79 Å². The van der Waals surface area contributed by atoms with Crippen molar-refractivity contribution in [3.05, 3.63) is 40.8 Å². The van der Waals surface area contributed by atoms with Crippen LogP contribution in [0.25, 0.3) is 5.69 Å². The van der Waals surface area contributed by atoms with Crippen LogP contribution in [-0.4, -0.2) is 40.8 Å². The minimum Gasteiger partial charge on any atom is -0.481 e. The molecule has 0 radical (unpaired) electrons. The molecule has 0 aliphatic carbocycles. The Hall–Kier alpha value is -3.25. The number of aromatic nitrogens is 2. The van der Waals surface area contributed by atoms with E-state index in [1.54, 1.807) is 0 Å². The molecular formula is C17H15F6N3O4. The third-order valence-corrected chi connectivity index (χ3v) is 3.95. The number of halogens is 6. The molecule has 0 aliphatic heterocycles. The number of nitrogens with two attached hydrogens (primary N) is 1. The predicted octanol–water partition coefficient (Wildman–Crippen LogP) is 3.09. The molecular weight excluding hydrogens is 424 g/mol. The van der Waals surface area contributed by atoms with E-state index < -0.39 is 53.2 Å². The SMILES string of the molecule is COc1nc(C(=O)OC(C(N)=O)C(F)(F)F)c(-n2c(C)ccc2C)cc1C(F)(F)F. The summed E-state index contributed by atoms with van der Waals surface area (Å²) < 4.78 is 88.9. The number of ether oxygens (including phenoxy) is 2. The lowest BCUT2D eigenvalue weighted by molar-refractivity contribution is -0.204. The van der Waals surface area contributed by atoms with Crippen LogP contribution < -0.4 is 10.5 Å². The average Bonchev–Trinajstić information content (AvgIpc) is 2.94. The molecule has 2 N–H and O–H groups in total. The molecule has 2 heterocycles. The smallest absolute Gasteiger partial charge is 0.434 e. The van der Waals surface area contributed by atoms with Gasteiger partial charge < -0.3 is 19.8 Å². The highest BCUT2D eigenvalue weighted by Crippen LogP contribution is 2.38. The molecule has 13 heteroatoms. The van der Waals surface area contributed by atoms with Gasteiger partial charge in [0, 0.05) is 11.4 Å². The van der Waals surface area contributed by atoms with Gasteiger partial charge in [-0.2, -0.15) is 26.3 Å². The topological polar surface area (TPSA) is 96.4 Å². The number of esters is 1. The van der Waals surface area contributed by atoms with Gasteiger partial charge in [-0.25, -0.2) is 9.78 Å². The fourth-order valence-corrected chi connectivity index (χ4v) is 2.66. The van der Waals surface area contributed by atoms with Crippen LogP contribution in [0.5, 0.6) is 5.88 Å². The van der Waals surface area contributed by atoms with Crippen molar-refractivity contribution in [2.75, 3.05) is 7.11 Å². The molecule has 0 bridgehead atoms. The van der Waals surface area contributed by atoms with Gasteiger partial charge in [0.15, 0.2) is 5.69 Å². The molecule has 0 saturated carbocycles. The van der Waals surface area contributed by atoms with Gasteiger partial charge >= 0.3 is 18.3 Å². The molecule has 1 unspecified atom stereocenters. The Bertz CT molecular complexity index is 962. The Morgan fingerprint density at radius 2 is 1.63 bits per heavy atom. The zero-order chi connectivity index (χ0) is 23.0. The second-order valence-corrected chi connectivity index (χ2v) is 6.09. The summed E-state index contributed by atoms with van der Waals surface area (Å²) in [4.78, 5) is 26.9. The van der Waals surface area contributed by atoms with Crippen LogP contribution in [-0.2, 0) is 15.7 Å². The zero-order valence-electron chi connectivity index (χ0n) is 15.7. The summed E-state index contributed by atoms with van der Waals surface area (Å²) >= 11 is 0. The number of pyridine rings is 1. The standard InChI is InChI=1S/C17H15F6N3O4/c1-7-4-5-8(2)26(7)10-6-9(16(18,19)20)14(29-3)25-11(10)15(28)30-12(13(24)27)17(21,22)23/h4-6,12H,1-3H3,(H2,24,27). The first-order valence-electron chi connectivity index (χ1n) is 8.07. The number of amides is 1. The van der Waals surface area contributed by atoms with Crippen LogP contribution >= 0.6 is 0 Å². The average molecular weight is 439 g/mol. The number of hydrogen-bond acceptors (Lipinski definition) is 5. The Morgan fingerprint density at radius 1 is 1.10 bits per heavy atom. The number of alkyl halides is 6. The van der Waals surface area contributed by atoms with Crippen LogP contribution in [0.2, 0.25) is 0 Å². The highest BCUT2D eigenvalue weighted by molar-refractivity contribution is 5.94. The van der Waals surface area contributed by atoms with Gasteiger partial charge in [-0.05, 0) is 32.0 Å². The van der Waals surface area contributed by atoms with Gasteiger partial charge in [0.25, 0.3) is 12.0 Å². The third-order valence-electron chi connectivity index (χ3n) is 3.95. The number of rotatable bonds is 5. The maximum atomic E-state index is 13.4. The molecule has 2 aromatic heterocycles. The fraction of sp³-hybridized carbons (Fsp3) is 0.353. The second kappa shape index (κ2) is 7.88. The van der Waals surface area contributed by atoms with E-state index in [9.17, 15) is 35.9 Å². The minimum absolute atomic E-state index is 0.351. The molecule has 7 nitrogen and oxygen atoms in total. The van der Waals surface area contributed by atoms with Crippen LogP contribution in [0.1, 0.15) is 27.4 Å². The van der Waals surface area contributed by atoms with Gasteiger partial charge in [-0.1, -0.05) is 0 Å². The number of methoxy groups -OCH3 is 1. The molecule has 0 spiro atoms. The quantitative estimate of drug-likeness (QED) is 0.571. The van der Waals surface area contributed by atoms with E-state index in [1.807, 2.05) is 0 Å². The van der Waals surface area contributed by atoms with Crippen molar-refractivity contribution >= 4 is 11.9 Å². The summed E-state index contributed by atoms with van der Waals surface area (Å²) in [5, 5.41) is 0. The molecule has 2 aromatic rings. The van der Waals surface area contributed by atoms with E-state index >= 15 is 0 Å². The predicted molar refractivity (Wildman–Crippen MR) is 89.0 cm³/mol. The highest BCUT2D eigenvalue weighted by atomic mass is 19.4. The highest BCUT2D eigenvalue weighted by Gasteiger charge is 2.48. The molecule has 164 valence electrons. The zero-order valence-corrected chi connectivity index (χ0v) is 15.7. The minimum atomic E-state index is -5.34. The van der Waals surface area contributed by atoms with Crippen molar-refractivity contribution < 1.29 is 45.4 Å². The van der Waals surface area contributed by atoms with Crippen LogP contribution in [0.3, 0.4) is 0 Å². The van der Waals surface area contributed by atoms with Crippen molar-refractivity contribution in [3.63, 3.8) is 0 Å². The molecule has 1 amide bonds. The maximum absolute atomic E-state index is 13.4. The number of aryl methyl sites for hydroxylation is 2. The third kappa shape index (κ3) is 4.49. The second-order valence-electron chi connectivity index (χ2n) is 6.09. The summed E-state index contributed by atoms with van der Waals surface area (Å²) in [6, 6.07) is 3.50. The number of nitrogens with zero attached hydrogens (tertiary/aromatic N) is 2. The largest absolute Gasteiger partial charge is 0.481 e. The molecule has 0 fully saturated rings. The number of carbonyl (C=O) groups is 2. The summed E-state index contributed by atoms with van der Waals surface area (Å²) in [5.74, 6) is -4.89. The molecule has 0 aromatic carbocycles. The normalized spacial score (nSPS) is 13.1. The maximum Gasteiger partial charge on any atom is 0.434 e. The van der Waals surface area contributed by atoms with E-state index in [0.717, 1.165) is 11.7 Å². The molecule has 0 aliphatic rings. The molecule has 30 heavy (non-hydrogen) atoms. The van der Waals surface area contributed by atoms with E-state index in [1.165, 1.54) is 26.0 Å². The summed E-state index contributed by atoms with van der Waals surface area (Å²) in [7, 11) is 0.834. The van der Waals surface area contributed by atoms with E-state index in [0.29, 0.717) is 17.5 Å². The van der Waals surface area contributed by atoms with Crippen LogP contribution in [0, 0.1) is 13.8 Å². The van der Waals surface area contributed by atoms with E-state index in [4.69, 9.17) is 0 Å². The lowest BCUT2D eigenvalue weighted by Crippen LogP contribution is -2.44. The van der Waals surface area contributed by atoms with Crippen molar-refractivity contribution in [2.24, 2.45) is 5.73 Å². The fourth-order valence-electron chi connectivity index (χ4n) is 2.66. The van der Waals surface area contributed by atoms with Crippen molar-refractivity contribution in [3.8, 4) is 11.6 Å². The Morgan fingerprint density at radius 3 is 2.03 bits per heavy atom. The number of primary amides is 1. The first-order chi connectivity index (χ1) is 13.7. The monoisotopic (exact) mass is 439 g/mol. The number of hydrogen-bond donors (Lipinski definition) is 1.